The monoisotopic (exact) mass is 323 g/mol. The molecule has 2 aromatic carbocycles. The van der Waals surface area contributed by atoms with Crippen LogP contribution in [-0.4, -0.2) is 30.1 Å². The molecular weight excluding hydrogens is 306 g/mol. The van der Waals surface area contributed by atoms with Crippen molar-refractivity contribution in [1.29, 1.82) is 0 Å². The third-order valence-electron chi connectivity index (χ3n) is 3.57. The number of hydrogen-bond acceptors (Lipinski definition) is 4. The molecule has 24 heavy (non-hydrogen) atoms. The Balaban J connectivity index is 1.77. The molecule has 0 atom stereocenters. The van der Waals surface area contributed by atoms with Crippen LogP contribution in [0.15, 0.2) is 55.0 Å². The summed E-state index contributed by atoms with van der Waals surface area (Å²) in [5.74, 6) is 0.893. The number of nitrogens with zero attached hydrogens (tertiary/aromatic N) is 1. The first-order valence-corrected chi connectivity index (χ1v) is 7.33. The number of benzene rings is 2. The first-order chi connectivity index (χ1) is 11.7. The largest absolute Gasteiger partial charge is 0.497 e. The van der Waals surface area contributed by atoms with Gasteiger partial charge in [-0.1, -0.05) is 12.1 Å². The van der Waals surface area contributed by atoms with E-state index < -0.39 is 0 Å². The van der Waals surface area contributed by atoms with Crippen molar-refractivity contribution in [1.82, 2.24) is 9.97 Å². The van der Waals surface area contributed by atoms with Gasteiger partial charge in [0.2, 0.25) is 0 Å². The third kappa shape index (κ3) is 3.38. The predicted molar refractivity (Wildman–Crippen MR) is 91.5 cm³/mol. The number of amides is 1. The van der Waals surface area contributed by atoms with Crippen LogP contribution in [0.25, 0.3) is 11.3 Å². The Hall–Kier alpha value is -3.28. The van der Waals surface area contributed by atoms with E-state index in [0.717, 1.165) is 11.3 Å². The van der Waals surface area contributed by atoms with Crippen LogP contribution >= 0.6 is 0 Å². The van der Waals surface area contributed by atoms with Crippen molar-refractivity contribution in [3.63, 3.8) is 0 Å². The average molecular weight is 323 g/mol. The standard InChI is InChI=1S/C18H17N3O3/c1-23-15-7-13(8-16(9-15)24-2)18(22)21-14-5-3-12(4-6-14)17-10-19-11-20-17/h3-11H,1-2H3,(H,19,20)(H,21,22). The van der Waals surface area contributed by atoms with E-state index in [4.69, 9.17) is 9.47 Å². The van der Waals surface area contributed by atoms with E-state index in [0.29, 0.717) is 22.7 Å². The van der Waals surface area contributed by atoms with Crippen LogP contribution in [0.2, 0.25) is 0 Å². The molecule has 0 unspecified atom stereocenters. The van der Waals surface area contributed by atoms with Crippen LogP contribution in [0.3, 0.4) is 0 Å². The SMILES string of the molecule is COc1cc(OC)cc(C(=O)Nc2ccc(-c3cnc[nH]3)cc2)c1. The van der Waals surface area contributed by atoms with E-state index in [1.807, 2.05) is 24.3 Å². The first-order valence-electron chi connectivity index (χ1n) is 7.33. The van der Waals surface area contributed by atoms with Crippen molar-refractivity contribution in [3.8, 4) is 22.8 Å². The lowest BCUT2D eigenvalue weighted by Crippen LogP contribution is -2.12. The topological polar surface area (TPSA) is 76.2 Å². The van der Waals surface area contributed by atoms with Crippen LogP contribution in [0.4, 0.5) is 5.69 Å². The van der Waals surface area contributed by atoms with Gasteiger partial charge in [-0.2, -0.15) is 0 Å². The fraction of sp³-hybridized carbons (Fsp3) is 0.111. The molecule has 0 aliphatic heterocycles. The lowest BCUT2D eigenvalue weighted by molar-refractivity contribution is 0.102. The van der Waals surface area contributed by atoms with Crippen molar-refractivity contribution >= 4 is 11.6 Å². The molecule has 1 heterocycles. The Labute approximate surface area is 139 Å². The van der Waals surface area contributed by atoms with Gasteiger partial charge >= 0.3 is 0 Å². The van der Waals surface area contributed by atoms with Crippen molar-refractivity contribution < 1.29 is 14.3 Å². The van der Waals surface area contributed by atoms with Gasteiger partial charge in [0, 0.05) is 17.3 Å². The molecule has 0 saturated heterocycles. The second-order valence-corrected chi connectivity index (χ2v) is 5.10. The van der Waals surface area contributed by atoms with Gasteiger partial charge < -0.3 is 19.8 Å². The van der Waals surface area contributed by atoms with Gasteiger partial charge in [0.1, 0.15) is 11.5 Å². The fourth-order valence-corrected chi connectivity index (χ4v) is 2.29. The number of imidazole rings is 1. The highest BCUT2D eigenvalue weighted by Gasteiger charge is 2.10. The molecule has 1 amide bonds. The minimum absolute atomic E-state index is 0.235. The second kappa shape index (κ2) is 6.87. The number of aromatic nitrogens is 2. The summed E-state index contributed by atoms with van der Waals surface area (Å²) in [7, 11) is 3.09. The summed E-state index contributed by atoms with van der Waals surface area (Å²) in [6, 6.07) is 12.5. The molecule has 0 saturated carbocycles. The van der Waals surface area contributed by atoms with Gasteiger partial charge in [-0.05, 0) is 29.8 Å². The van der Waals surface area contributed by atoms with Gasteiger partial charge in [0.15, 0.2) is 0 Å². The summed E-state index contributed by atoms with van der Waals surface area (Å²) < 4.78 is 10.4. The highest BCUT2D eigenvalue weighted by molar-refractivity contribution is 6.04. The molecule has 6 heteroatoms. The maximum atomic E-state index is 12.4. The summed E-state index contributed by atoms with van der Waals surface area (Å²) in [4.78, 5) is 19.5. The molecular formula is C18H17N3O3. The Morgan fingerprint density at radius 3 is 2.25 bits per heavy atom. The van der Waals surface area contributed by atoms with Gasteiger partial charge in [-0.3, -0.25) is 4.79 Å². The minimum atomic E-state index is -0.235. The van der Waals surface area contributed by atoms with Crippen molar-refractivity contribution in [2.24, 2.45) is 0 Å². The Morgan fingerprint density at radius 1 is 1.04 bits per heavy atom. The number of H-pyrrole nitrogens is 1. The highest BCUT2D eigenvalue weighted by atomic mass is 16.5. The Kier molecular flexibility index (Phi) is 4.47. The lowest BCUT2D eigenvalue weighted by Gasteiger charge is -2.09. The summed E-state index contributed by atoms with van der Waals surface area (Å²) in [5.41, 5.74) is 3.08. The number of anilines is 1. The van der Waals surface area contributed by atoms with Crippen molar-refractivity contribution in [3.05, 3.63) is 60.6 Å². The second-order valence-electron chi connectivity index (χ2n) is 5.10. The van der Waals surface area contributed by atoms with Crippen LogP contribution < -0.4 is 14.8 Å². The number of carbonyl (C=O) groups excluding carboxylic acids is 1. The zero-order valence-electron chi connectivity index (χ0n) is 13.4. The molecule has 0 aliphatic carbocycles. The first kappa shape index (κ1) is 15.6. The average Bonchev–Trinajstić information content (AvgIpc) is 3.16. The Morgan fingerprint density at radius 2 is 1.71 bits per heavy atom. The van der Waals surface area contributed by atoms with Crippen LogP contribution in [-0.2, 0) is 0 Å². The van der Waals surface area contributed by atoms with E-state index in [9.17, 15) is 4.79 Å². The van der Waals surface area contributed by atoms with Gasteiger partial charge in [-0.25, -0.2) is 4.98 Å². The van der Waals surface area contributed by atoms with Crippen molar-refractivity contribution in [2.45, 2.75) is 0 Å². The van der Waals surface area contributed by atoms with E-state index in [2.05, 4.69) is 15.3 Å². The predicted octanol–water partition coefficient (Wildman–Crippen LogP) is 3.35. The lowest BCUT2D eigenvalue weighted by atomic mass is 10.1. The summed E-state index contributed by atoms with van der Waals surface area (Å²) in [5, 5.41) is 2.86. The Bertz CT molecular complexity index is 805. The number of aromatic amines is 1. The highest BCUT2D eigenvalue weighted by Crippen LogP contribution is 2.24. The normalized spacial score (nSPS) is 10.2. The van der Waals surface area contributed by atoms with E-state index in [1.165, 1.54) is 0 Å². The third-order valence-corrected chi connectivity index (χ3v) is 3.57. The molecule has 0 bridgehead atoms. The molecule has 1 aromatic heterocycles. The summed E-state index contributed by atoms with van der Waals surface area (Å²) in [6.07, 6.45) is 3.37. The number of ether oxygens (including phenoxy) is 2. The minimum Gasteiger partial charge on any atom is -0.497 e. The quantitative estimate of drug-likeness (QED) is 0.755. The number of hydrogen-bond donors (Lipinski definition) is 2. The zero-order valence-corrected chi connectivity index (χ0v) is 13.4. The molecule has 2 N–H and O–H groups in total. The van der Waals surface area contributed by atoms with Crippen LogP contribution in [0.1, 0.15) is 10.4 Å². The summed E-state index contributed by atoms with van der Waals surface area (Å²) in [6.45, 7) is 0. The number of nitrogens with one attached hydrogen (secondary N) is 2. The van der Waals surface area contributed by atoms with E-state index in [1.54, 1.807) is 44.9 Å². The smallest absolute Gasteiger partial charge is 0.255 e. The van der Waals surface area contributed by atoms with E-state index in [-0.39, 0.29) is 5.91 Å². The molecule has 0 spiro atoms. The fourth-order valence-electron chi connectivity index (χ4n) is 2.29. The maximum Gasteiger partial charge on any atom is 0.255 e. The molecule has 3 aromatic rings. The maximum absolute atomic E-state index is 12.4. The van der Waals surface area contributed by atoms with Gasteiger partial charge in [-0.15, -0.1) is 0 Å². The number of methoxy groups -OCH3 is 2. The summed E-state index contributed by atoms with van der Waals surface area (Å²) >= 11 is 0. The molecule has 0 radical (unpaired) electrons. The van der Waals surface area contributed by atoms with E-state index >= 15 is 0 Å². The van der Waals surface area contributed by atoms with Gasteiger partial charge in [0.25, 0.3) is 5.91 Å². The van der Waals surface area contributed by atoms with Crippen molar-refractivity contribution in [2.75, 3.05) is 19.5 Å². The molecule has 6 nitrogen and oxygen atoms in total. The van der Waals surface area contributed by atoms with Gasteiger partial charge in [0.05, 0.1) is 32.4 Å². The number of rotatable bonds is 5. The number of carbonyl (C=O) groups is 1. The van der Waals surface area contributed by atoms with Crippen LogP contribution in [0, 0.1) is 0 Å². The molecule has 0 fully saturated rings. The zero-order chi connectivity index (χ0) is 16.9. The molecule has 0 aliphatic rings. The molecule has 3 rings (SSSR count). The molecule has 122 valence electrons. The van der Waals surface area contributed by atoms with Crippen LogP contribution in [0.5, 0.6) is 11.5 Å².